The van der Waals surface area contributed by atoms with Gasteiger partial charge in [-0.25, -0.2) is 0 Å². The number of ketones is 1. The number of anilines is 1. The van der Waals surface area contributed by atoms with Gasteiger partial charge in [-0.05, 0) is 43.5 Å². The van der Waals surface area contributed by atoms with E-state index in [1.807, 2.05) is 48.5 Å². The Morgan fingerprint density at radius 3 is 2.36 bits per heavy atom. The van der Waals surface area contributed by atoms with Crippen molar-refractivity contribution in [1.82, 2.24) is 0 Å². The number of rotatable bonds is 12. The highest BCUT2D eigenvalue weighted by Gasteiger charge is 2.21. The molecule has 0 fully saturated rings. The largest absolute Gasteiger partial charge is 0.393 e. The van der Waals surface area contributed by atoms with Gasteiger partial charge in [0.25, 0.3) is 0 Å². The highest BCUT2D eigenvalue weighted by atomic mass is 16.5. The first-order valence-corrected chi connectivity index (χ1v) is 11.4. The second-order valence-electron chi connectivity index (χ2n) is 8.06. The fraction of sp³-hybridized carbons (Fsp3) is 0.407. The van der Waals surface area contributed by atoms with Gasteiger partial charge in [0.05, 0.1) is 38.2 Å². The molecule has 0 bridgehead atoms. The van der Waals surface area contributed by atoms with Crippen LogP contribution in [0, 0.1) is 11.8 Å². The van der Waals surface area contributed by atoms with Crippen molar-refractivity contribution < 1.29 is 24.2 Å². The third-order valence-electron chi connectivity index (χ3n) is 5.43. The summed E-state index contributed by atoms with van der Waals surface area (Å²) < 4.78 is 10.8. The van der Waals surface area contributed by atoms with Crippen LogP contribution in [0.2, 0.25) is 0 Å². The molecular formula is C27H31NO5. The number of carbonyl (C=O) groups excluding carboxylic acids is 2. The number of carbonyl (C=O) groups is 2. The van der Waals surface area contributed by atoms with Crippen molar-refractivity contribution in [3.63, 3.8) is 0 Å². The molecule has 2 aromatic rings. The maximum absolute atomic E-state index is 13.2. The highest BCUT2D eigenvalue weighted by Crippen LogP contribution is 2.26. The molecule has 1 heterocycles. The summed E-state index contributed by atoms with van der Waals surface area (Å²) in [6, 6.07) is 15.5. The standard InChI is InChI=1S/C27H31NO5/c1-21(29)14-16-32-18-19-33-17-15-25(30)12-13-27(31)28-20-24-8-3-2-6-22(24)10-11-23-7-4-5-9-26(23)28/h2-9,25,30H,12-20H2,1H3. The maximum Gasteiger partial charge on any atom is 0.227 e. The molecule has 6 heteroatoms. The lowest BCUT2D eigenvalue weighted by Crippen LogP contribution is -2.32. The molecule has 1 unspecified atom stereocenters. The van der Waals surface area contributed by atoms with Crippen LogP contribution in [0.5, 0.6) is 0 Å². The van der Waals surface area contributed by atoms with Crippen LogP contribution in [-0.4, -0.2) is 49.3 Å². The van der Waals surface area contributed by atoms with Gasteiger partial charge in [0, 0.05) is 30.6 Å². The van der Waals surface area contributed by atoms with Crippen molar-refractivity contribution in [1.29, 1.82) is 0 Å². The molecule has 1 aliphatic rings. The van der Waals surface area contributed by atoms with E-state index >= 15 is 0 Å². The SMILES string of the molecule is CC(=O)CCOCCOCCC(O)CCC(=O)N1Cc2ccccc2C#Cc2ccccc21. The zero-order chi connectivity index (χ0) is 23.5. The second-order valence-corrected chi connectivity index (χ2v) is 8.06. The van der Waals surface area contributed by atoms with Crippen molar-refractivity contribution >= 4 is 17.4 Å². The third-order valence-corrected chi connectivity index (χ3v) is 5.43. The molecule has 33 heavy (non-hydrogen) atoms. The van der Waals surface area contributed by atoms with Gasteiger partial charge in [0.1, 0.15) is 5.78 Å². The molecule has 1 atom stereocenters. The lowest BCUT2D eigenvalue weighted by molar-refractivity contribution is -0.119. The zero-order valence-electron chi connectivity index (χ0n) is 19.1. The number of hydrogen-bond acceptors (Lipinski definition) is 5. The summed E-state index contributed by atoms with van der Waals surface area (Å²) >= 11 is 0. The first kappa shape index (κ1) is 24.7. The first-order chi connectivity index (χ1) is 16.0. The molecule has 0 aromatic heterocycles. The van der Waals surface area contributed by atoms with Gasteiger partial charge in [-0.3, -0.25) is 9.59 Å². The van der Waals surface area contributed by atoms with Crippen molar-refractivity contribution in [3.8, 4) is 11.8 Å². The molecule has 1 N–H and O–H groups in total. The fourth-order valence-corrected chi connectivity index (χ4v) is 3.53. The predicted molar refractivity (Wildman–Crippen MR) is 127 cm³/mol. The van der Waals surface area contributed by atoms with Gasteiger partial charge in [-0.15, -0.1) is 0 Å². The molecular weight excluding hydrogens is 418 g/mol. The maximum atomic E-state index is 13.2. The van der Waals surface area contributed by atoms with Crippen LogP contribution >= 0.6 is 0 Å². The minimum absolute atomic E-state index is 0.0419. The Morgan fingerprint density at radius 2 is 1.58 bits per heavy atom. The van der Waals surface area contributed by atoms with E-state index in [0.717, 1.165) is 22.4 Å². The number of para-hydroxylation sites is 1. The van der Waals surface area contributed by atoms with Gasteiger partial charge >= 0.3 is 0 Å². The number of ether oxygens (including phenoxy) is 2. The van der Waals surface area contributed by atoms with Gasteiger partial charge in [-0.1, -0.05) is 42.2 Å². The smallest absolute Gasteiger partial charge is 0.227 e. The molecule has 0 aliphatic carbocycles. The van der Waals surface area contributed by atoms with Gasteiger partial charge in [0.2, 0.25) is 5.91 Å². The summed E-state index contributed by atoms with van der Waals surface area (Å²) in [5, 5.41) is 10.3. The Labute approximate surface area is 195 Å². The van der Waals surface area contributed by atoms with E-state index in [4.69, 9.17) is 9.47 Å². The number of Topliss-reactive ketones (excluding diaryl/α,β-unsaturated/α-hetero) is 1. The van der Waals surface area contributed by atoms with E-state index in [9.17, 15) is 14.7 Å². The molecule has 174 valence electrons. The summed E-state index contributed by atoms with van der Waals surface area (Å²) in [6.45, 7) is 3.60. The Morgan fingerprint density at radius 1 is 0.909 bits per heavy atom. The molecule has 0 saturated carbocycles. The summed E-state index contributed by atoms with van der Waals surface area (Å²) in [4.78, 5) is 25.8. The molecule has 2 aromatic carbocycles. The fourth-order valence-electron chi connectivity index (χ4n) is 3.53. The van der Waals surface area contributed by atoms with Crippen molar-refractivity contribution in [3.05, 3.63) is 65.2 Å². The predicted octanol–water partition coefficient (Wildman–Crippen LogP) is 3.48. The monoisotopic (exact) mass is 449 g/mol. The summed E-state index contributed by atoms with van der Waals surface area (Å²) in [6.07, 6.45) is 0.838. The zero-order valence-corrected chi connectivity index (χ0v) is 19.1. The average molecular weight is 450 g/mol. The number of nitrogens with zero attached hydrogens (tertiary/aromatic N) is 1. The molecule has 0 radical (unpaired) electrons. The van der Waals surface area contributed by atoms with Gasteiger partial charge < -0.3 is 19.5 Å². The van der Waals surface area contributed by atoms with Crippen molar-refractivity contribution in [2.75, 3.05) is 31.3 Å². The van der Waals surface area contributed by atoms with Crippen LogP contribution in [0.4, 0.5) is 5.69 Å². The first-order valence-electron chi connectivity index (χ1n) is 11.4. The summed E-state index contributed by atoms with van der Waals surface area (Å²) in [5.74, 6) is 6.47. The van der Waals surface area contributed by atoms with E-state index < -0.39 is 6.10 Å². The Kier molecular flexibility index (Phi) is 9.64. The van der Waals surface area contributed by atoms with Crippen molar-refractivity contribution in [2.45, 2.75) is 45.3 Å². The Balaban J connectivity index is 1.48. The third kappa shape index (κ3) is 7.83. The lowest BCUT2D eigenvalue weighted by Gasteiger charge is -2.26. The highest BCUT2D eigenvalue weighted by molar-refractivity contribution is 5.95. The number of aliphatic hydroxyl groups excluding tert-OH is 1. The molecule has 0 spiro atoms. The number of aliphatic hydroxyl groups is 1. The second kappa shape index (κ2) is 12.9. The van der Waals surface area contributed by atoms with E-state index in [1.54, 1.807) is 4.90 Å². The number of amides is 1. The molecule has 1 amide bonds. The van der Waals surface area contributed by atoms with Gasteiger partial charge in [0.15, 0.2) is 0 Å². The molecule has 0 saturated heterocycles. The van der Waals surface area contributed by atoms with Crippen LogP contribution in [0.3, 0.4) is 0 Å². The average Bonchev–Trinajstić information content (AvgIpc) is 2.80. The van der Waals surface area contributed by atoms with Crippen LogP contribution in [0.25, 0.3) is 0 Å². The van der Waals surface area contributed by atoms with Crippen LogP contribution in [0.1, 0.15) is 49.3 Å². The minimum atomic E-state index is -0.621. The quantitative estimate of drug-likeness (QED) is 0.397. The number of hydrogen-bond donors (Lipinski definition) is 1. The molecule has 3 rings (SSSR count). The van der Waals surface area contributed by atoms with Crippen LogP contribution < -0.4 is 4.90 Å². The number of fused-ring (bicyclic) bond motifs is 2. The number of benzene rings is 2. The lowest BCUT2D eigenvalue weighted by atomic mass is 10.0. The minimum Gasteiger partial charge on any atom is -0.393 e. The van der Waals surface area contributed by atoms with E-state index in [-0.39, 0.29) is 18.1 Å². The van der Waals surface area contributed by atoms with Crippen molar-refractivity contribution in [2.24, 2.45) is 0 Å². The molecule has 6 nitrogen and oxygen atoms in total. The van der Waals surface area contributed by atoms with Crippen LogP contribution in [0.15, 0.2) is 48.5 Å². The van der Waals surface area contributed by atoms with Gasteiger partial charge in [-0.2, -0.15) is 0 Å². The van der Waals surface area contributed by atoms with E-state index in [2.05, 4.69) is 11.8 Å². The summed E-state index contributed by atoms with van der Waals surface area (Å²) in [5.41, 5.74) is 3.55. The normalized spacial score (nSPS) is 13.1. The topological polar surface area (TPSA) is 76.1 Å². The van der Waals surface area contributed by atoms with E-state index in [1.165, 1.54) is 6.92 Å². The molecule has 1 aliphatic heterocycles. The summed E-state index contributed by atoms with van der Waals surface area (Å²) in [7, 11) is 0. The van der Waals surface area contributed by atoms with Crippen LogP contribution in [-0.2, 0) is 25.6 Å². The Bertz CT molecular complexity index is 1010. The van der Waals surface area contributed by atoms with E-state index in [0.29, 0.717) is 52.2 Å². The Hall–Kier alpha value is -2.98.